The molecule has 14 heavy (non-hydrogen) atoms. The summed E-state index contributed by atoms with van der Waals surface area (Å²) in [4.78, 5) is 14.5. The quantitative estimate of drug-likeness (QED) is 0.696. The first kappa shape index (κ1) is 9.90. The average Bonchev–Trinajstić information content (AvgIpc) is 2.51. The van der Waals surface area contributed by atoms with Crippen molar-refractivity contribution in [3.8, 4) is 0 Å². The van der Waals surface area contributed by atoms with Gasteiger partial charge in [0.15, 0.2) is 0 Å². The van der Waals surface area contributed by atoms with Crippen molar-refractivity contribution in [2.45, 2.75) is 32.1 Å². The molecule has 4 heteroatoms. The number of carbonyl (C=O) groups excluding carboxylic acids is 1. The molecule has 1 saturated heterocycles. The maximum atomic E-state index is 12.1. The van der Waals surface area contributed by atoms with Crippen LogP contribution in [0.2, 0.25) is 0 Å². The maximum absolute atomic E-state index is 12.1. The molecule has 2 aliphatic rings. The van der Waals surface area contributed by atoms with Crippen molar-refractivity contribution >= 4 is 23.1 Å². The Morgan fingerprint density at radius 2 is 1.79 bits per heavy atom. The summed E-state index contributed by atoms with van der Waals surface area (Å²) in [6, 6.07) is 0. The summed E-state index contributed by atoms with van der Waals surface area (Å²) in [5, 5.41) is 0. The molecule has 1 aliphatic heterocycles. The molecule has 0 radical (unpaired) electrons. The van der Waals surface area contributed by atoms with Gasteiger partial charge < -0.3 is 10.6 Å². The largest absolute Gasteiger partial charge is 0.392 e. The zero-order valence-electron chi connectivity index (χ0n) is 8.29. The molecule has 0 aromatic rings. The van der Waals surface area contributed by atoms with Crippen LogP contribution in [0.1, 0.15) is 32.1 Å². The van der Waals surface area contributed by atoms with Crippen molar-refractivity contribution in [1.82, 2.24) is 4.90 Å². The van der Waals surface area contributed by atoms with E-state index >= 15 is 0 Å². The molecule has 2 N–H and O–H groups in total. The summed E-state index contributed by atoms with van der Waals surface area (Å²) in [7, 11) is 0. The molecule has 0 unspecified atom stereocenters. The minimum atomic E-state index is -0.459. The van der Waals surface area contributed by atoms with Crippen LogP contribution in [0, 0.1) is 5.41 Å². The lowest BCUT2D eigenvalue weighted by Gasteiger charge is -2.41. The Hall–Kier alpha value is -0.640. The van der Waals surface area contributed by atoms with Crippen LogP contribution in [0.3, 0.4) is 0 Å². The maximum Gasteiger partial charge on any atom is 0.235 e. The number of amides is 1. The highest BCUT2D eigenvalue weighted by Crippen LogP contribution is 2.43. The van der Waals surface area contributed by atoms with E-state index in [-0.39, 0.29) is 5.91 Å². The van der Waals surface area contributed by atoms with Crippen molar-refractivity contribution in [3.05, 3.63) is 0 Å². The summed E-state index contributed by atoms with van der Waals surface area (Å²) in [5.74, 6) is 0.189. The third-order valence-corrected chi connectivity index (χ3v) is 3.87. The molecule has 3 nitrogen and oxygen atoms in total. The van der Waals surface area contributed by atoms with Crippen LogP contribution >= 0.6 is 12.2 Å². The van der Waals surface area contributed by atoms with E-state index < -0.39 is 5.41 Å². The van der Waals surface area contributed by atoms with E-state index in [9.17, 15) is 4.79 Å². The lowest BCUT2D eigenvalue weighted by atomic mass is 9.67. The van der Waals surface area contributed by atoms with E-state index in [1.165, 1.54) is 0 Å². The van der Waals surface area contributed by atoms with Gasteiger partial charge in [0.1, 0.15) is 0 Å². The van der Waals surface area contributed by atoms with Gasteiger partial charge in [-0.15, -0.1) is 0 Å². The highest BCUT2D eigenvalue weighted by atomic mass is 32.1. The normalized spacial score (nSPS) is 24.4. The van der Waals surface area contributed by atoms with Gasteiger partial charge in [0.2, 0.25) is 5.91 Å². The van der Waals surface area contributed by atoms with Crippen LogP contribution in [-0.4, -0.2) is 28.9 Å². The Kier molecular flexibility index (Phi) is 2.47. The van der Waals surface area contributed by atoms with E-state index in [0.29, 0.717) is 4.99 Å². The molecule has 0 aromatic carbocycles. The molecule has 0 atom stereocenters. The van der Waals surface area contributed by atoms with Crippen LogP contribution in [0.15, 0.2) is 0 Å². The van der Waals surface area contributed by atoms with Gasteiger partial charge in [0.25, 0.3) is 0 Å². The zero-order valence-corrected chi connectivity index (χ0v) is 9.11. The fourth-order valence-corrected chi connectivity index (χ4v) is 2.61. The topological polar surface area (TPSA) is 46.3 Å². The molecule has 2 rings (SSSR count). The van der Waals surface area contributed by atoms with Crippen LogP contribution in [0.4, 0.5) is 0 Å². The van der Waals surface area contributed by atoms with Gasteiger partial charge in [-0.2, -0.15) is 0 Å². The van der Waals surface area contributed by atoms with E-state index in [4.69, 9.17) is 18.0 Å². The smallest absolute Gasteiger partial charge is 0.235 e. The molecule has 1 aliphatic carbocycles. The average molecular weight is 212 g/mol. The summed E-state index contributed by atoms with van der Waals surface area (Å²) < 4.78 is 0. The number of rotatable bonds is 2. The van der Waals surface area contributed by atoms with Gasteiger partial charge in [-0.05, 0) is 25.7 Å². The van der Waals surface area contributed by atoms with Crippen molar-refractivity contribution in [2.75, 3.05) is 13.1 Å². The molecular formula is C10H16N2OS. The Bertz CT molecular complexity index is 267. The lowest BCUT2D eigenvalue weighted by molar-refractivity contribution is -0.140. The zero-order chi connectivity index (χ0) is 10.2. The molecule has 1 amide bonds. The van der Waals surface area contributed by atoms with E-state index in [2.05, 4.69) is 0 Å². The van der Waals surface area contributed by atoms with Crippen LogP contribution in [0.5, 0.6) is 0 Å². The minimum Gasteiger partial charge on any atom is -0.392 e. The van der Waals surface area contributed by atoms with E-state index in [1.807, 2.05) is 4.90 Å². The number of nitrogens with zero attached hydrogens (tertiary/aromatic N) is 1. The predicted octanol–water partition coefficient (Wildman–Crippen LogP) is 1.07. The molecule has 0 spiro atoms. The first-order valence-electron chi connectivity index (χ1n) is 5.26. The fourth-order valence-electron chi connectivity index (χ4n) is 2.32. The highest BCUT2D eigenvalue weighted by Gasteiger charge is 2.49. The molecule has 2 fully saturated rings. The molecule has 78 valence electrons. The Labute approximate surface area is 89.6 Å². The first-order chi connectivity index (χ1) is 6.67. The van der Waals surface area contributed by atoms with Crippen LogP contribution < -0.4 is 5.73 Å². The number of thiocarbonyl (C=S) groups is 1. The minimum absolute atomic E-state index is 0.189. The number of hydrogen-bond acceptors (Lipinski definition) is 2. The van der Waals surface area contributed by atoms with E-state index in [1.54, 1.807) is 0 Å². The van der Waals surface area contributed by atoms with Gasteiger partial charge in [-0.3, -0.25) is 4.79 Å². The van der Waals surface area contributed by atoms with Gasteiger partial charge in [-0.1, -0.05) is 18.6 Å². The third-order valence-electron chi connectivity index (χ3n) is 3.48. The van der Waals surface area contributed by atoms with Gasteiger partial charge in [0, 0.05) is 13.1 Å². The predicted molar refractivity (Wildman–Crippen MR) is 58.9 cm³/mol. The van der Waals surface area contributed by atoms with Crippen molar-refractivity contribution in [1.29, 1.82) is 0 Å². The molecule has 1 saturated carbocycles. The SMILES string of the molecule is NC(=S)C1(C(=O)N2CCCC2)CCC1. The van der Waals surface area contributed by atoms with Crippen molar-refractivity contribution in [2.24, 2.45) is 11.1 Å². The Morgan fingerprint density at radius 3 is 2.14 bits per heavy atom. The summed E-state index contributed by atoms with van der Waals surface area (Å²) in [6.07, 6.45) is 5.05. The van der Waals surface area contributed by atoms with Gasteiger partial charge >= 0.3 is 0 Å². The molecular weight excluding hydrogens is 196 g/mol. The summed E-state index contributed by atoms with van der Waals surface area (Å²) >= 11 is 5.02. The molecule has 1 heterocycles. The standard InChI is InChI=1S/C10H16N2OS/c11-8(14)10(4-3-5-10)9(13)12-6-1-2-7-12/h1-7H2,(H2,11,14). The Morgan fingerprint density at radius 1 is 1.21 bits per heavy atom. The van der Waals surface area contributed by atoms with Crippen molar-refractivity contribution in [3.63, 3.8) is 0 Å². The number of hydrogen-bond donors (Lipinski definition) is 1. The number of nitrogens with two attached hydrogens (primary N) is 1. The molecule has 0 bridgehead atoms. The monoisotopic (exact) mass is 212 g/mol. The second kappa shape index (κ2) is 3.50. The van der Waals surface area contributed by atoms with Gasteiger partial charge in [0.05, 0.1) is 10.4 Å². The number of likely N-dealkylation sites (tertiary alicyclic amines) is 1. The van der Waals surface area contributed by atoms with Gasteiger partial charge in [-0.25, -0.2) is 0 Å². The fraction of sp³-hybridized carbons (Fsp3) is 0.800. The first-order valence-corrected chi connectivity index (χ1v) is 5.67. The second-order valence-corrected chi connectivity index (χ2v) is 4.74. The Balaban J connectivity index is 2.11. The van der Waals surface area contributed by atoms with Crippen LogP contribution in [0.25, 0.3) is 0 Å². The van der Waals surface area contributed by atoms with E-state index in [0.717, 1.165) is 45.2 Å². The summed E-state index contributed by atoms with van der Waals surface area (Å²) in [5.41, 5.74) is 5.23. The summed E-state index contributed by atoms with van der Waals surface area (Å²) in [6.45, 7) is 1.78. The lowest BCUT2D eigenvalue weighted by Crippen LogP contribution is -2.53. The third kappa shape index (κ3) is 1.32. The van der Waals surface area contributed by atoms with Crippen LogP contribution in [-0.2, 0) is 4.79 Å². The number of carbonyl (C=O) groups is 1. The molecule has 0 aromatic heterocycles. The van der Waals surface area contributed by atoms with Crippen molar-refractivity contribution < 1.29 is 4.79 Å². The highest BCUT2D eigenvalue weighted by molar-refractivity contribution is 7.80. The second-order valence-electron chi connectivity index (χ2n) is 4.30.